The minimum atomic E-state index is -3.56. The molecular formula is C119H120N8O8S2. The first kappa shape index (κ1) is 100. The van der Waals surface area contributed by atoms with E-state index in [0.29, 0.717) is 108 Å². The molecule has 2 aliphatic rings. The molecule has 696 valence electrons. The van der Waals surface area contributed by atoms with Crippen LogP contribution in [-0.4, -0.2) is 99.8 Å². The van der Waals surface area contributed by atoms with Crippen LogP contribution in [0.15, 0.2) is 370 Å². The fourth-order valence-corrected chi connectivity index (χ4v) is 18.6. The number of hydrogen-bond donors (Lipinski definition) is 3. The van der Waals surface area contributed by atoms with Gasteiger partial charge < -0.3 is 10.6 Å². The Hall–Kier alpha value is -14.0. The summed E-state index contributed by atoms with van der Waals surface area (Å²) in [5, 5.41) is 22.4. The van der Waals surface area contributed by atoms with E-state index in [1.54, 1.807) is 72.7 Å². The highest BCUT2D eigenvalue weighted by molar-refractivity contribution is 7.89. The normalized spacial score (nSPS) is 12.5. The molecule has 0 unspecified atom stereocenters. The van der Waals surface area contributed by atoms with E-state index in [4.69, 9.17) is 0 Å². The third kappa shape index (κ3) is 33.5. The Morgan fingerprint density at radius 1 is 0.314 bits per heavy atom. The van der Waals surface area contributed by atoms with Crippen LogP contribution in [0.1, 0.15) is 145 Å². The molecule has 0 atom stereocenters. The number of ketones is 6. The van der Waals surface area contributed by atoms with E-state index in [9.17, 15) is 37.2 Å². The first-order valence-electron chi connectivity index (χ1n) is 47.2. The number of hydrogen-bond acceptors (Lipinski definition) is 16. The van der Waals surface area contributed by atoms with Gasteiger partial charge in [-0.05, 0) is 205 Å². The molecule has 2 saturated carbocycles. The van der Waals surface area contributed by atoms with Gasteiger partial charge in [0.1, 0.15) is 17.3 Å². The van der Waals surface area contributed by atoms with Gasteiger partial charge in [0.15, 0.2) is 17.3 Å². The molecule has 2 aliphatic carbocycles. The number of rotatable bonds is 34. The van der Waals surface area contributed by atoms with Crippen LogP contribution in [-0.2, 0) is 103 Å². The molecule has 6 heterocycles. The van der Waals surface area contributed by atoms with Gasteiger partial charge >= 0.3 is 0 Å². The van der Waals surface area contributed by atoms with Gasteiger partial charge in [-0.1, -0.05) is 288 Å². The number of nitrogens with one attached hydrogen (secondary N) is 3. The van der Waals surface area contributed by atoms with Crippen molar-refractivity contribution in [2.75, 3.05) is 19.6 Å². The van der Waals surface area contributed by atoms with Gasteiger partial charge in [-0.2, -0.15) is 0 Å². The smallest absolute Gasteiger partial charge is 0.240 e. The largest absolute Gasteiger partial charge is 0.307 e. The molecule has 0 spiro atoms. The summed E-state index contributed by atoms with van der Waals surface area (Å²) in [6, 6.07) is 96.6. The maximum Gasteiger partial charge on any atom is 0.240 e. The molecule has 2 fully saturated rings. The highest BCUT2D eigenvalue weighted by Crippen LogP contribution is 2.26. The maximum absolute atomic E-state index is 12.5. The number of Topliss-reactive ketones (excluding diaryl/α,β-unsaturated/α-hetero) is 5. The van der Waals surface area contributed by atoms with Crippen molar-refractivity contribution in [3.05, 3.63) is 425 Å². The van der Waals surface area contributed by atoms with Crippen molar-refractivity contribution >= 4 is 127 Å². The van der Waals surface area contributed by atoms with Crippen LogP contribution in [0.3, 0.4) is 0 Å². The van der Waals surface area contributed by atoms with Crippen molar-refractivity contribution in [1.29, 1.82) is 0 Å². The molecule has 3 N–H and O–H groups in total. The Morgan fingerprint density at radius 2 is 0.642 bits per heavy atom. The molecule has 0 amide bonds. The van der Waals surface area contributed by atoms with E-state index in [2.05, 4.69) is 112 Å². The predicted molar refractivity (Wildman–Crippen MR) is 560 cm³/mol. The number of aromatic nitrogens is 5. The molecule has 137 heavy (non-hydrogen) atoms. The molecule has 19 rings (SSSR count). The van der Waals surface area contributed by atoms with Gasteiger partial charge in [0.2, 0.25) is 10.0 Å². The van der Waals surface area contributed by atoms with Crippen LogP contribution in [0.5, 0.6) is 0 Å². The monoisotopic (exact) mass is 1850 g/mol. The zero-order valence-corrected chi connectivity index (χ0v) is 78.5. The number of carbonyl (C=O) groups is 6. The van der Waals surface area contributed by atoms with Crippen LogP contribution in [0.4, 0.5) is 0 Å². The quantitative estimate of drug-likeness (QED) is 0.0318. The van der Waals surface area contributed by atoms with Crippen molar-refractivity contribution in [2.45, 2.75) is 166 Å². The van der Waals surface area contributed by atoms with Crippen LogP contribution in [0, 0.1) is 0 Å². The van der Waals surface area contributed by atoms with E-state index >= 15 is 0 Å². The summed E-state index contributed by atoms with van der Waals surface area (Å²) in [6.45, 7) is 1.35. The van der Waals surface area contributed by atoms with Crippen molar-refractivity contribution in [1.82, 2.24) is 40.3 Å². The van der Waals surface area contributed by atoms with E-state index in [1.807, 2.05) is 237 Å². The second kappa shape index (κ2) is 53.4. The maximum atomic E-state index is 12.5. The van der Waals surface area contributed by atoms with Gasteiger partial charge in [-0.25, -0.2) is 13.1 Å². The summed E-state index contributed by atoms with van der Waals surface area (Å²) in [6.07, 6.45) is 40.4. The van der Waals surface area contributed by atoms with Gasteiger partial charge in [-0.15, -0.1) is 11.3 Å². The number of thiophene rings is 1. The zero-order chi connectivity index (χ0) is 94.2. The van der Waals surface area contributed by atoms with Gasteiger partial charge in [0.25, 0.3) is 0 Å². The van der Waals surface area contributed by atoms with Gasteiger partial charge in [0, 0.05) is 170 Å². The molecule has 0 radical (unpaired) electrons. The summed E-state index contributed by atoms with van der Waals surface area (Å²) in [5.74, 6) is 1.40. The average molecular weight is 1850 g/mol. The minimum Gasteiger partial charge on any atom is -0.307 e. The van der Waals surface area contributed by atoms with Crippen LogP contribution < -0.4 is 15.4 Å². The third-order valence-electron chi connectivity index (χ3n) is 24.4. The van der Waals surface area contributed by atoms with Crippen molar-refractivity contribution in [3.63, 3.8) is 0 Å². The van der Waals surface area contributed by atoms with Crippen molar-refractivity contribution in [3.8, 4) is 0 Å². The standard InChI is InChI=1S/C27H26N2O3S.C19H17NO.C19H15NO.C18H22N2O.C18H21NO.C17H15NOS.CH4/c30-26(19-23-6-10-25-20-28-16-15-24(25)18-23)11-7-22-8-12-27(13-9-22)33(31,32)29-17-14-21-4-2-1-3-5-21;2*21-19(9-7-15-4-2-1-3-5-15)13-16-6-8-18-14-20-11-10-17(18)12-16;21-18(13-20-17-4-2-1-3-5-17)11-14-6-7-16-12-19-9-8-15(16)10-14;20-18(13-19-17-7-3-4-8-17)12-14-9-10-15-5-1-2-6-16(15)11-14;19-16(5-6-17-2-1-9-20-17)11-13-3-4-15-12-18-8-7-14(15)10-13;/h1-6,8-10,12-13,15-16,18,20,29H,7,11,14,17,19H2;1-6,8,10-12,14H,7,9,13H2;1-12,14H,13H2;6-10,12,17,20H,1-5,11,13H2;1-2,5-6,9-11,17,19H,3-4,7-8,12-13H2;1-4,7-10,12H,5-6,11H2;1H4/b;;9-7+;;;;. The SMILES string of the molecule is C.O=C(/C=C/c1ccccc1)Cc1ccc2cnccc2c1.O=C(CCc1ccc(S(=O)(=O)NCCc2ccccc2)cc1)Cc1ccc2cnccc2c1.O=C(CCc1ccccc1)Cc1ccc2cnccc2c1.O=C(CCc1cccs1)Cc1ccc2cnccc2c1.O=C(CNC1CCCC1)Cc1ccc2ccccc2c1.O=C(CNC1CCCCC1)Cc1ccc2cnccc2c1. The lowest BCUT2D eigenvalue weighted by Gasteiger charge is -2.22. The minimum absolute atomic E-state index is 0. The number of carbonyl (C=O) groups excluding carboxylic acids is 6. The van der Waals surface area contributed by atoms with E-state index in [-0.39, 0.29) is 41.2 Å². The van der Waals surface area contributed by atoms with Crippen LogP contribution in [0.2, 0.25) is 0 Å². The van der Waals surface area contributed by atoms with Crippen molar-refractivity contribution < 1.29 is 37.2 Å². The van der Waals surface area contributed by atoms with Crippen molar-refractivity contribution in [2.24, 2.45) is 0 Å². The second-order valence-corrected chi connectivity index (χ2v) is 37.7. The van der Waals surface area contributed by atoms with Gasteiger partial charge in [-0.3, -0.25) is 53.7 Å². The first-order chi connectivity index (χ1) is 66.5. The number of sulfonamides is 1. The predicted octanol–water partition coefficient (Wildman–Crippen LogP) is 24.0. The van der Waals surface area contributed by atoms with E-state index in [1.165, 1.54) is 79.0 Å². The molecular weight excluding hydrogens is 1730 g/mol. The van der Waals surface area contributed by atoms with Gasteiger partial charge in [0.05, 0.1) is 18.0 Å². The molecule has 16 nitrogen and oxygen atoms in total. The fraction of sp³-hybridized carbons (Fsp3) is 0.235. The topological polar surface area (TPSA) is 237 Å². The number of pyridine rings is 5. The molecule has 11 aromatic carbocycles. The Kier molecular flexibility index (Phi) is 39.1. The Labute approximate surface area is 809 Å². The summed E-state index contributed by atoms with van der Waals surface area (Å²) >= 11 is 1.71. The third-order valence-corrected chi connectivity index (χ3v) is 26.8. The summed E-state index contributed by atoms with van der Waals surface area (Å²) in [5.41, 5.74) is 10.7. The number of fused-ring (bicyclic) bond motifs is 6. The number of allylic oxidation sites excluding steroid dienone is 1. The first-order valence-corrected chi connectivity index (χ1v) is 49.5. The molecule has 0 saturated heterocycles. The molecule has 0 aliphatic heterocycles. The van der Waals surface area contributed by atoms with Crippen LogP contribution >= 0.6 is 11.3 Å². The van der Waals surface area contributed by atoms with E-state index in [0.717, 1.165) is 117 Å². The molecule has 18 heteroatoms. The number of benzene rings is 11. The summed E-state index contributed by atoms with van der Waals surface area (Å²) in [4.78, 5) is 94.8. The summed E-state index contributed by atoms with van der Waals surface area (Å²) in [7, 11) is -3.56. The summed E-state index contributed by atoms with van der Waals surface area (Å²) < 4.78 is 27.7. The highest BCUT2D eigenvalue weighted by Gasteiger charge is 2.19. The molecule has 0 bridgehead atoms. The highest BCUT2D eigenvalue weighted by atomic mass is 32.2. The lowest BCUT2D eigenvalue weighted by Crippen LogP contribution is -2.35. The molecule has 17 aromatic rings. The van der Waals surface area contributed by atoms with E-state index < -0.39 is 10.0 Å². The zero-order valence-electron chi connectivity index (χ0n) is 76.9. The number of nitrogens with zero attached hydrogens (tertiary/aromatic N) is 5. The number of aryl methyl sites for hydroxylation is 3. The van der Waals surface area contributed by atoms with Crippen LogP contribution in [0.25, 0.3) is 70.7 Å². The Morgan fingerprint density at radius 3 is 1.04 bits per heavy atom. The Bertz CT molecular complexity index is 6930. The second-order valence-electron chi connectivity index (χ2n) is 34.9. The Balaban J connectivity index is 0.000000140. The lowest BCUT2D eigenvalue weighted by molar-refractivity contribution is -0.119. The molecule has 6 aromatic heterocycles. The average Bonchev–Trinajstić information content (AvgIpc) is 0.900. The fourth-order valence-electron chi connectivity index (χ4n) is 16.9. The lowest BCUT2D eigenvalue weighted by atomic mass is 9.95.